The second-order valence-electron chi connectivity index (χ2n) is 7.48. The molecule has 1 aromatic heterocycles. The molecule has 2 aliphatic rings. The molecule has 7 heteroatoms. The summed E-state index contributed by atoms with van der Waals surface area (Å²) in [5.74, 6) is 0.702. The zero-order valence-corrected chi connectivity index (χ0v) is 16.3. The van der Waals surface area contributed by atoms with E-state index < -0.39 is 0 Å². The highest BCUT2D eigenvalue weighted by atomic mass is 35.5. The van der Waals surface area contributed by atoms with Crippen LogP contribution in [0, 0.1) is 0 Å². The highest BCUT2D eigenvalue weighted by Crippen LogP contribution is 2.26. The Balaban J connectivity index is 1.22. The Hall–Kier alpha value is -2.28. The zero-order valence-electron chi connectivity index (χ0n) is 15.6. The summed E-state index contributed by atoms with van der Waals surface area (Å²) in [6.45, 7) is 6.08. The number of aromatic nitrogens is 1. The van der Waals surface area contributed by atoms with Crippen molar-refractivity contribution in [2.75, 3.05) is 32.8 Å². The van der Waals surface area contributed by atoms with Crippen LogP contribution in [0.15, 0.2) is 45.6 Å². The molecule has 1 saturated heterocycles. The molecule has 2 aliphatic heterocycles. The minimum absolute atomic E-state index is 0.333. The predicted octanol–water partition coefficient (Wildman–Crippen LogP) is 2.96. The van der Waals surface area contributed by atoms with Crippen LogP contribution < -0.4 is 10.5 Å². The third-order valence-corrected chi connectivity index (χ3v) is 5.83. The number of hydrogen-bond acceptors (Lipinski definition) is 5. The van der Waals surface area contributed by atoms with Crippen LogP contribution in [0.1, 0.15) is 11.1 Å². The normalized spacial score (nSPS) is 17.8. The number of hydrogen-bond donors (Lipinski definition) is 0. The fraction of sp³-hybridized carbons (Fsp3) is 0.381. The summed E-state index contributed by atoms with van der Waals surface area (Å²) in [5, 5.41) is 0.570. The molecular weight excluding hydrogens is 378 g/mol. The molecule has 0 bridgehead atoms. The van der Waals surface area contributed by atoms with Crippen LogP contribution in [0.3, 0.4) is 0 Å². The molecule has 0 atom stereocenters. The van der Waals surface area contributed by atoms with Crippen molar-refractivity contribution in [2.24, 2.45) is 0 Å². The van der Waals surface area contributed by atoms with Crippen molar-refractivity contribution >= 4 is 22.7 Å². The Labute approximate surface area is 167 Å². The first-order chi connectivity index (χ1) is 13.7. The lowest BCUT2D eigenvalue weighted by Crippen LogP contribution is -2.47. The van der Waals surface area contributed by atoms with E-state index in [1.54, 1.807) is 16.7 Å². The summed E-state index contributed by atoms with van der Waals surface area (Å²) in [4.78, 5) is 17.0. The van der Waals surface area contributed by atoms with Crippen LogP contribution in [-0.4, -0.2) is 47.2 Å². The maximum absolute atomic E-state index is 12.2. The number of ether oxygens (including phenoxy) is 1. The Morgan fingerprint density at radius 1 is 1.00 bits per heavy atom. The van der Waals surface area contributed by atoms with E-state index >= 15 is 0 Å². The molecule has 0 radical (unpaired) electrons. The Morgan fingerprint density at radius 2 is 1.82 bits per heavy atom. The smallest absolute Gasteiger partial charge is 0.421 e. The SMILES string of the molecule is O=c1oc2cc(Cl)ccc2n1CN1CCN(Cc2ccc3c(c2)CCO3)CC1. The summed E-state index contributed by atoms with van der Waals surface area (Å²) >= 11 is 5.99. The van der Waals surface area contributed by atoms with Crippen molar-refractivity contribution in [3.05, 3.63) is 63.1 Å². The molecule has 0 amide bonds. The van der Waals surface area contributed by atoms with Gasteiger partial charge in [-0.1, -0.05) is 23.7 Å². The van der Waals surface area contributed by atoms with Crippen molar-refractivity contribution in [2.45, 2.75) is 19.6 Å². The maximum atomic E-state index is 12.2. The Kier molecular flexibility index (Phi) is 4.62. The van der Waals surface area contributed by atoms with Crippen molar-refractivity contribution in [1.29, 1.82) is 0 Å². The van der Waals surface area contributed by atoms with Gasteiger partial charge in [0.15, 0.2) is 5.58 Å². The molecule has 3 aromatic rings. The zero-order chi connectivity index (χ0) is 19.1. The fourth-order valence-electron chi connectivity index (χ4n) is 4.06. The van der Waals surface area contributed by atoms with E-state index in [-0.39, 0.29) is 5.76 Å². The molecule has 146 valence electrons. The molecule has 3 heterocycles. The average molecular weight is 400 g/mol. The summed E-state index contributed by atoms with van der Waals surface area (Å²) in [6, 6.07) is 11.9. The summed E-state index contributed by atoms with van der Waals surface area (Å²) in [7, 11) is 0. The number of rotatable bonds is 4. The van der Waals surface area contributed by atoms with Crippen molar-refractivity contribution in [1.82, 2.24) is 14.4 Å². The van der Waals surface area contributed by atoms with E-state index in [9.17, 15) is 4.79 Å². The molecule has 0 N–H and O–H groups in total. The van der Waals surface area contributed by atoms with Crippen LogP contribution in [0.5, 0.6) is 5.75 Å². The van der Waals surface area contributed by atoms with E-state index in [4.69, 9.17) is 20.8 Å². The van der Waals surface area contributed by atoms with E-state index in [2.05, 4.69) is 28.0 Å². The van der Waals surface area contributed by atoms with Gasteiger partial charge in [0.25, 0.3) is 0 Å². The Bertz CT molecular complexity index is 1070. The number of halogens is 1. The van der Waals surface area contributed by atoms with Gasteiger partial charge in [-0.05, 0) is 29.3 Å². The number of piperazine rings is 1. The first kappa shape index (κ1) is 17.8. The van der Waals surface area contributed by atoms with Gasteiger partial charge in [0.05, 0.1) is 18.8 Å². The molecule has 0 aliphatic carbocycles. The van der Waals surface area contributed by atoms with Gasteiger partial charge in [-0.15, -0.1) is 0 Å². The van der Waals surface area contributed by atoms with Gasteiger partial charge in [0.2, 0.25) is 0 Å². The second kappa shape index (κ2) is 7.28. The van der Waals surface area contributed by atoms with E-state index in [0.717, 1.165) is 57.0 Å². The molecule has 0 unspecified atom stereocenters. The Morgan fingerprint density at radius 3 is 2.68 bits per heavy atom. The summed E-state index contributed by atoms with van der Waals surface area (Å²) in [6.07, 6.45) is 1.01. The second-order valence-corrected chi connectivity index (χ2v) is 7.92. The predicted molar refractivity (Wildman–Crippen MR) is 108 cm³/mol. The lowest BCUT2D eigenvalue weighted by Gasteiger charge is -2.34. The number of benzene rings is 2. The summed E-state index contributed by atoms with van der Waals surface area (Å²) in [5.41, 5.74) is 3.99. The quantitative estimate of drug-likeness (QED) is 0.675. The highest BCUT2D eigenvalue weighted by Gasteiger charge is 2.20. The minimum atomic E-state index is -0.333. The molecular formula is C21H22ClN3O3. The van der Waals surface area contributed by atoms with Crippen LogP contribution in [0.2, 0.25) is 5.02 Å². The third-order valence-electron chi connectivity index (χ3n) is 5.60. The van der Waals surface area contributed by atoms with Gasteiger partial charge in [0, 0.05) is 50.2 Å². The fourth-order valence-corrected chi connectivity index (χ4v) is 4.22. The third kappa shape index (κ3) is 3.43. The van der Waals surface area contributed by atoms with Crippen LogP contribution in [-0.2, 0) is 19.6 Å². The maximum Gasteiger partial charge on any atom is 0.421 e. The molecule has 0 spiro atoms. The van der Waals surface area contributed by atoms with Crippen molar-refractivity contribution < 1.29 is 9.15 Å². The average Bonchev–Trinajstić information content (AvgIpc) is 3.27. The molecule has 5 rings (SSSR count). The van der Waals surface area contributed by atoms with Gasteiger partial charge >= 0.3 is 5.76 Å². The van der Waals surface area contributed by atoms with E-state index in [0.29, 0.717) is 17.3 Å². The first-order valence-electron chi connectivity index (χ1n) is 9.64. The lowest BCUT2D eigenvalue weighted by molar-refractivity contribution is 0.102. The van der Waals surface area contributed by atoms with E-state index in [1.807, 2.05) is 6.07 Å². The lowest BCUT2D eigenvalue weighted by atomic mass is 10.1. The standard InChI is InChI=1S/C21H22ClN3O3/c22-17-2-3-18-20(12-17)28-21(26)25(18)14-24-8-6-23(7-9-24)13-15-1-4-19-16(11-15)5-10-27-19/h1-4,11-12H,5-10,13-14H2. The first-order valence-corrected chi connectivity index (χ1v) is 10.0. The number of oxazole rings is 1. The highest BCUT2D eigenvalue weighted by molar-refractivity contribution is 6.31. The van der Waals surface area contributed by atoms with Crippen molar-refractivity contribution in [3.8, 4) is 5.75 Å². The van der Waals surface area contributed by atoms with Gasteiger partial charge in [-0.25, -0.2) is 4.79 Å². The molecule has 6 nitrogen and oxygen atoms in total. The van der Waals surface area contributed by atoms with Crippen molar-refractivity contribution in [3.63, 3.8) is 0 Å². The van der Waals surface area contributed by atoms with Crippen LogP contribution in [0.4, 0.5) is 0 Å². The summed E-state index contributed by atoms with van der Waals surface area (Å²) < 4.78 is 12.6. The number of fused-ring (bicyclic) bond motifs is 2. The minimum Gasteiger partial charge on any atom is -0.493 e. The molecule has 0 saturated carbocycles. The van der Waals surface area contributed by atoms with Crippen LogP contribution in [0.25, 0.3) is 11.1 Å². The van der Waals surface area contributed by atoms with Gasteiger partial charge < -0.3 is 9.15 Å². The van der Waals surface area contributed by atoms with Crippen LogP contribution >= 0.6 is 11.6 Å². The van der Waals surface area contributed by atoms with Gasteiger partial charge in [-0.2, -0.15) is 0 Å². The number of nitrogens with zero attached hydrogens (tertiary/aromatic N) is 3. The monoisotopic (exact) mass is 399 g/mol. The molecule has 28 heavy (non-hydrogen) atoms. The topological polar surface area (TPSA) is 50.9 Å². The van der Waals surface area contributed by atoms with E-state index in [1.165, 1.54) is 11.1 Å². The van der Waals surface area contributed by atoms with Gasteiger partial charge in [0.1, 0.15) is 5.75 Å². The molecule has 2 aromatic carbocycles. The largest absolute Gasteiger partial charge is 0.493 e. The molecule has 1 fully saturated rings. The van der Waals surface area contributed by atoms with Gasteiger partial charge in [-0.3, -0.25) is 14.4 Å².